The van der Waals surface area contributed by atoms with Crippen LogP contribution in [0.2, 0.25) is 10.0 Å². The molecular formula is C28H29Cl2FN4O2. The number of ether oxygens (including phenoxy) is 1. The average molecular weight is 543 g/mol. The summed E-state index contributed by atoms with van der Waals surface area (Å²) in [7, 11) is 1.81. The van der Waals surface area contributed by atoms with Gasteiger partial charge < -0.3 is 4.74 Å². The van der Waals surface area contributed by atoms with Crippen molar-refractivity contribution in [3.05, 3.63) is 80.8 Å². The van der Waals surface area contributed by atoms with E-state index in [0.29, 0.717) is 33.6 Å². The third-order valence-electron chi connectivity index (χ3n) is 7.13. The largest absolute Gasteiger partial charge is 0.372 e. The zero-order chi connectivity index (χ0) is 26.3. The van der Waals surface area contributed by atoms with Crippen LogP contribution in [0, 0.1) is 5.82 Å². The van der Waals surface area contributed by atoms with Gasteiger partial charge in [0.05, 0.1) is 29.6 Å². The lowest BCUT2D eigenvalue weighted by Crippen LogP contribution is -2.55. The number of piperidine rings is 1. The fraction of sp³-hybridized carbons (Fsp3) is 0.357. The summed E-state index contributed by atoms with van der Waals surface area (Å²) in [6.07, 6.45) is 5.13. The van der Waals surface area contributed by atoms with Crippen molar-refractivity contribution in [3.63, 3.8) is 0 Å². The molecule has 2 aliphatic rings. The van der Waals surface area contributed by atoms with Gasteiger partial charge in [-0.2, -0.15) is 5.10 Å². The van der Waals surface area contributed by atoms with Crippen molar-refractivity contribution in [3.8, 4) is 5.69 Å². The molecule has 2 aromatic carbocycles. The van der Waals surface area contributed by atoms with Gasteiger partial charge in [0.25, 0.3) is 5.91 Å². The first-order valence-corrected chi connectivity index (χ1v) is 13.2. The van der Waals surface area contributed by atoms with Gasteiger partial charge in [-0.15, -0.1) is 0 Å². The molecule has 5 rings (SSSR count). The fourth-order valence-corrected chi connectivity index (χ4v) is 5.86. The molecule has 0 bridgehead atoms. The van der Waals surface area contributed by atoms with Gasteiger partial charge in [-0.3, -0.25) is 9.80 Å². The van der Waals surface area contributed by atoms with Crippen LogP contribution < -0.4 is 0 Å². The Hall–Kier alpha value is -2.71. The minimum atomic E-state index is -0.308. The van der Waals surface area contributed by atoms with Crippen LogP contribution in [0.1, 0.15) is 60.4 Å². The Kier molecular flexibility index (Phi) is 7.41. The van der Waals surface area contributed by atoms with E-state index in [9.17, 15) is 9.18 Å². The molecule has 0 aliphatic carbocycles. The van der Waals surface area contributed by atoms with Gasteiger partial charge in [0.1, 0.15) is 5.82 Å². The van der Waals surface area contributed by atoms with Gasteiger partial charge in [0.2, 0.25) is 0 Å². The van der Waals surface area contributed by atoms with Gasteiger partial charge in [0, 0.05) is 35.3 Å². The minimum Gasteiger partial charge on any atom is -0.372 e. The Labute approximate surface area is 226 Å². The highest BCUT2D eigenvalue weighted by Gasteiger charge is 2.35. The zero-order valence-corrected chi connectivity index (χ0v) is 22.6. The third kappa shape index (κ3) is 5.06. The fourth-order valence-electron chi connectivity index (χ4n) is 5.37. The van der Waals surface area contributed by atoms with Crippen LogP contribution in [-0.4, -0.2) is 51.4 Å². The molecule has 3 heterocycles. The first kappa shape index (κ1) is 25.9. The molecule has 1 fully saturated rings. The topological polar surface area (TPSA) is 50.6 Å². The Bertz CT molecular complexity index is 1340. The molecule has 2 atom stereocenters. The Balaban J connectivity index is 1.64. The minimum absolute atomic E-state index is 0.202. The Morgan fingerprint density at radius 3 is 2.49 bits per heavy atom. The summed E-state index contributed by atoms with van der Waals surface area (Å²) < 4.78 is 21.1. The van der Waals surface area contributed by atoms with E-state index in [2.05, 4.69) is 18.9 Å². The summed E-state index contributed by atoms with van der Waals surface area (Å²) in [5.74, 6) is -0.509. The molecule has 2 unspecified atom stereocenters. The molecule has 1 saturated heterocycles. The smallest absolute Gasteiger partial charge is 0.288 e. The van der Waals surface area contributed by atoms with Crippen LogP contribution >= 0.6 is 23.2 Å². The van der Waals surface area contributed by atoms with E-state index in [0.717, 1.165) is 36.1 Å². The van der Waals surface area contributed by atoms with Gasteiger partial charge in [-0.05, 0) is 68.7 Å². The van der Waals surface area contributed by atoms with Gasteiger partial charge >= 0.3 is 0 Å². The van der Waals surface area contributed by atoms with E-state index in [4.69, 9.17) is 33.0 Å². The summed E-state index contributed by atoms with van der Waals surface area (Å²) in [5.41, 5.74) is 3.99. The van der Waals surface area contributed by atoms with Crippen molar-refractivity contribution >= 4 is 40.8 Å². The number of hydrogen-bond donors (Lipinski definition) is 0. The molecular weight excluding hydrogens is 514 g/mol. The van der Waals surface area contributed by atoms with Crippen molar-refractivity contribution in [1.82, 2.24) is 19.8 Å². The van der Waals surface area contributed by atoms with Gasteiger partial charge in [0.15, 0.2) is 5.69 Å². The molecule has 0 saturated carbocycles. The van der Waals surface area contributed by atoms with Crippen LogP contribution in [0.15, 0.2) is 42.5 Å². The van der Waals surface area contributed by atoms with Crippen LogP contribution in [-0.2, 0) is 11.3 Å². The van der Waals surface area contributed by atoms with E-state index < -0.39 is 0 Å². The summed E-state index contributed by atoms with van der Waals surface area (Å²) in [6.45, 7) is 4.84. The predicted molar refractivity (Wildman–Crippen MR) is 144 cm³/mol. The average Bonchev–Trinajstić information content (AvgIpc) is 3.25. The third-order valence-corrected chi connectivity index (χ3v) is 7.67. The highest BCUT2D eigenvalue weighted by Crippen LogP contribution is 2.36. The lowest BCUT2D eigenvalue weighted by atomic mass is 9.99. The lowest BCUT2D eigenvalue weighted by molar-refractivity contribution is -0.0644. The van der Waals surface area contributed by atoms with Gasteiger partial charge in [-0.25, -0.2) is 14.1 Å². The molecule has 1 amide bonds. The van der Waals surface area contributed by atoms with Crippen LogP contribution in [0.25, 0.3) is 17.3 Å². The van der Waals surface area contributed by atoms with E-state index in [1.54, 1.807) is 47.1 Å². The first-order chi connectivity index (χ1) is 17.7. The van der Waals surface area contributed by atoms with Crippen LogP contribution in [0.4, 0.5) is 4.39 Å². The number of amides is 1. The molecule has 6 nitrogen and oxygen atoms in total. The van der Waals surface area contributed by atoms with E-state index in [1.165, 1.54) is 12.1 Å². The monoisotopic (exact) mass is 542 g/mol. The quantitative estimate of drug-likeness (QED) is 0.370. The summed E-state index contributed by atoms with van der Waals surface area (Å²) in [4.78, 5) is 13.9. The number of rotatable bonds is 4. The van der Waals surface area contributed by atoms with E-state index >= 15 is 0 Å². The highest BCUT2D eigenvalue weighted by molar-refractivity contribution is 6.35. The van der Waals surface area contributed by atoms with E-state index in [1.807, 2.05) is 6.08 Å². The second kappa shape index (κ2) is 10.6. The summed E-state index contributed by atoms with van der Waals surface area (Å²) >= 11 is 12.8. The Morgan fingerprint density at radius 1 is 1.11 bits per heavy atom. The molecule has 0 radical (unpaired) electrons. The molecule has 194 valence electrons. The number of halogens is 3. The SMILES string of the molecule is CC1CCCC(C)N1N(C)C(=O)c1nn(-c2ccc(Cl)cc2Cl)c2c1COC/C2=C\c1ccc(F)cc1. The number of benzene rings is 2. The number of fused-ring (bicyclic) bond motifs is 1. The summed E-state index contributed by atoms with van der Waals surface area (Å²) in [6, 6.07) is 11.9. The number of nitrogens with zero attached hydrogens (tertiary/aromatic N) is 4. The Morgan fingerprint density at radius 2 is 1.81 bits per heavy atom. The molecule has 1 aromatic heterocycles. The van der Waals surface area contributed by atoms with Gasteiger partial charge in [-0.1, -0.05) is 41.8 Å². The molecule has 0 N–H and O–H groups in total. The molecule has 37 heavy (non-hydrogen) atoms. The second-order valence-corrected chi connectivity index (χ2v) is 10.6. The number of carbonyl (C=O) groups is 1. The first-order valence-electron chi connectivity index (χ1n) is 12.4. The van der Waals surface area contributed by atoms with Crippen molar-refractivity contribution < 1.29 is 13.9 Å². The van der Waals surface area contributed by atoms with Crippen LogP contribution in [0.5, 0.6) is 0 Å². The maximum Gasteiger partial charge on any atom is 0.288 e. The maximum absolute atomic E-state index is 13.9. The number of carbonyl (C=O) groups excluding carboxylic acids is 1. The van der Waals surface area contributed by atoms with Crippen molar-refractivity contribution in [2.75, 3.05) is 13.7 Å². The van der Waals surface area contributed by atoms with E-state index in [-0.39, 0.29) is 30.4 Å². The lowest BCUT2D eigenvalue weighted by Gasteiger charge is -2.44. The maximum atomic E-state index is 13.9. The molecule has 0 spiro atoms. The molecule has 2 aliphatic heterocycles. The molecule has 9 heteroatoms. The van der Waals surface area contributed by atoms with Crippen LogP contribution in [0.3, 0.4) is 0 Å². The predicted octanol–water partition coefficient (Wildman–Crippen LogP) is 6.64. The van der Waals surface area contributed by atoms with Crippen molar-refractivity contribution in [2.24, 2.45) is 0 Å². The van der Waals surface area contributed by atoms with Crippen molar-refractivity contribution in [2.45, 2.75) is 51.8 Å². The molecule has 3 aromatic rings. The number of hydrazine groups is 1. The highest BCUT2D eigenvalue weighted by atomic mass is 35.5. The standard InChI is InChI=1S/C28H29Cl2FN4O2/c1-17-5-4-6-18(2)35(17)33(3)28(36)26-23-16-37-15-20(13-19-7-10-22(31)11-8-19)27(23)34(32-26)25-12-9-21(29)14-24(25)30/h7-14,17-18H,4-6,15-16H2,1-3H3/b20-13+. The zero-order valence-electron chi connectivity index (χ0n) is 21.0. The number of hydrogen-bond acceptors (Lipinski definition) is 4. The van der Waals surface area contributed by atoms with Crippen molar-refractivity contribution in [1.29, 1.82) is 0 Å². The second-order valence-electron chi connectivity index (χ2n) is 9.73. The number of aromatic nitrogens is 2. The normalized spacial score (nSPS) is 21.2. The summed E-state index contributed by atoms with van der Waals surface area (Å²) in [5, 5.41) is 9.57.